The summed E-state index contributed by atoms with van der Waals surface area (Å²) < 4.78 is 13.1. The number of thioether (sulfide) groups is 1. The summed E-state index contributed by atoms with van der Waals surface area (Å²) in [7, 11) is 0. The molecule has 2 aliphatic heterocycles. The van der Waals surface area contributed by atoms with Gasteiger partial charge in [0.25, 0.3) is 0 Å². The van der Waals surface area contributed by atoms with Gasteiger partial charge in [-0.1, -0.05) is 54.1 Å². The normalized spacial score (nSPS) is 16.1. The molecule has 210 valence electrons. The fourth-order valence-electron chi connectivity index (χ4n) is 5.39. The largest absolute Gasteiger partial charge is 0.454 e. The van der Waals surface area contributed by atoms with Gasteiger partial charge in [-0.05, 0) is 57.0 Å². The lowest BCUT2D eigenvalue weighted by Crippen LogP contribution is -2.44. The van der Waals surface area contributed by atoms with Crippen LogP contribution in [-0.4, -0.2) is 46.7 Å². The van der Waals surface area contributed by atoms with Crippen molar-refractivity contribution in [1.29, 1.82) is 0 Å². The highest BCUT2D eigenvalue weighted by Gasteiger charge is 2.38. The highest BCUT2D eigenvalue weighted by molar-refractivity contribution is 8.00. The number of nitrogens with one attached hydrogen (secondary N) is 1. The summed E-state index contributed by atoms with van der Waals surface area (Å²) in [6.45, 7) is 7.98. The summed E-state index contributed by atoms with van der Waals surface area (Å²) in [5.74, 6) is 1.81. The predicted molar refractivity (Wildman–Crippen MR) is 161 cm³/mol. The molecule has 41 heavy (non-hydrogen) atoms. The van der Waals surface area contributed by atoms with E-state index in [1.54, 1.807) is 4.90 Å². The van der Waals surface area contributed by atoms with Crippen LogP contribution in [0.3, 0.4) is 0 Å². The zero-order valence-corrected chi connectivity index (χ0v) is 24.3. The number of aromatic nitrogens is 2. The molecule has 0 spiro atoms. The Bertz CT molecular complexity index is 1630. The zero-order chi connectivity index (χ0) is 28.7. The van der Waals surface area contributed by atoms with Crippen LogP contribution in [0.1, 0.15) is 41.4 Å². The van der Waals surface area contributed by atoms with E-state index in [4.69, 9.17) is 14.6 Å². The van der Waals surface area contributed by atoms with Crippen LogP contribution in [-0.2, 0) is 9.59 Å². The van der Waals surface area contributed by atoms with Crippen molar-refractivity contribution in [2.75, 3.05) is 24.0 Å². The fourth-order valence-corrected chi connectivity index (χ4v) is 6.58. The van der Waals surface area contributed by atoms with Crippen LogP contribution in [0.25, 0.3) is 16.9 Å². The van der Waals surface area contributed by atoms with Crippen molar-refractivity contribution >= 4 is 29.4 Å². The van der Waals surface area contributed by atoms with Crippen LogP contribution in [0, 0.1) is 13.8 Å². The highest BCUT2D eigenvalue weighted by atomic mass is 32.2. The number of fused-ring (bicyclic) bond motifs is 2. The Kier molecular flexibility index (Phi) is 7.21. The molecule has 0 aliphatic carbocycles. The number of carbonyl (C=O) groups excluding carboxylic acids is 2. The molecule has 8 nitrogen and oxygen atoms in total. The molecule has 0 saturated heterocycles. The van der Waals surface area contributed by atoms with E-state index in [0.717, 1.165) is 39.2 Å². The molecule has 3 aromatic carbocycles. The average Bonchev–Trinajstić information content (AvgIpc) is 3.54. The molecule has 1 aromatic heterocycles. The van der Waals surface area contributed by atoms with Crippen LogP contribution in [0.2, 0.25) is 0 Å². The first kappa shape index (κ1) is 27.0. The Balaban J connectivity index is 1.63. The van der Waals surface area contributed by atoms with Gasteiger partial charge >= 0.3 is 0 Å². The maximum atomic E-state index is 13.9. The van der Waals surface area contributed by atoms with Crippen molar-refractivity contribution < 1.29 is 19.1 Å². The van der Waals surface area contributed by atoms with Crippen molar-refractivity contribution in [3.05, 3.63) is 89.0 Å². The van der Waals surface area contributed by atoms with E-state index in [-0.39, 0.29) is 42.2 Å². The summed E-state index contributed by atoms with van der Waals surface area (Å²) in [5.41, 5.74) is 6.55. The monoisotopic (exact) mass is 568 g/mol. The number of benzene rings is 3. The van der Waals surface area contributed by atoms with Gasteiger partial charge in [0.05, 0.1) is 22.4 Å². The van der Waals surface area contributed by atoms with Crippen LogP contribution in [0.15, 0.2) is 66.7 Å². The summed E-state index contributed by atoms with van der Waals surface area (Å²) >= 11 is 1.53. The quantitative estimate of drug-likeness (QED) is 0.327. The van der Waals surface area contributed by atoms with Gasteiger partial charge in [-0.25, -0.2) is 4.68 Å². The Hall–Kier alpha value is -4.24. The van der Waals surface area contributed by atoms with Crippen molar-refractivity contribution in [2.24, 2.45) is 0 Å². The second kappa shape index (κ2) is 11.0. The van der Waals surface area contributed by atoms with Gasteiger partial charge in [-0.3, -0.25) is 14.5 Å². The molecule has 1 atom stereocenters. The Labute approximate surface area is 243 Å². The molecule has 0 radical (unpaired) electrons. The third kappa shape index (κ3) is 5.17. The fraction of sp³-hybridized carbons (Fsp3) is 0.281. The van der Waals surface area contributed by atoms with E-state index in [2.05, 4.69) is 11.4 Å². The number of hydrogen-bond acceptors (Lipinski definition) is 6. The topological polar surface area (TPSA) is 85.7 Å². The average molecular weight is 569 g/mol. The van der Waals surface area contributed by atoms with Crippen molar-refractivity contribution in [3.63, 3.8) is 0 Å². The number of aryl methyl sites for hydroxylation is 2. The maximum Gasteiger partial charge on any atom is 0.240 e. The molecule has 0 bridgehead atoms. The third-order valence-electron chi connectivity index (χ3n) is 7.17. The minimum absolute atomic E-state index is 0.0519. The molecule has 0 fully saturated rings. The lowest BCUT2D eigenvalue weighted by atomic mass is 9.99. The maximum absolute atomic E-state index is 13.9. The number of nitrogens with zero attached hydrogens (tertiary/aromatic N) is 3. The molecular weight excluding hydrogens is 536 g/mol. The number of rotatable bonds is 6. The summed E-state index contributed by atoms with van der Waals surface area (Å²) in [4.78, 5) is 28.6. The first-order valence-corrected chi connectivity index (χ1v) is 14.7. The molecule has 2 amide bonds. The van der Waals surface area contributed by atoms with Crippen molar-refractivity contribution in [2.45, 2.75) is 39.0 Å². The lowest BCUT2D eigenvalue weighted by molar-refractivity contribution is -0.123. The molecule has 6 rings (SSSR count). The lowest BCUT2D eigenvalue weighted by Gasteiger charge is -2.24. The van der Waals surface area contributed by atoms with Gasteiger partial charge in [0.1, 0.15) is 12.4 Å². The zero-order valence-electron chi connectivity index (χ0n) is 23.5. The van der Waals surface area contributed by atoms with Crippen molar-refractivity contribution in [1.82, 2.24) is 15.1 Å². The van der Waals surface area contributed by atoms with Gasteiger partial charge < -0.3 is 14.8 Å². The van der Waals surface area contributed by atoms with Gasteiger partial charge in [-0.2, -0.15) is 5.10 Å². The van der Waals surface area contributed by atoms with E-state index in [1.807, 2.05) is 93.0 Å². The first-order valence-electron chi connectivity index (χ1n) is 13.7. The first-order chi connectivity index (χ1) is 19.8. The molecule has 1 N–H and O–H groups in total. The minimum atomic E-state index is -0.253. The Morgan fingerprint density at radius 1 is 1.05 bits per heavy atom. The van der Waals surface area contributed by atoms with E-state index in [0.29, 0.717) is 17.3 Å². The third-order valence-corrected chi connectivity index (χ3v) is 8.42. The molecular formula is C32H32N4O4S. The summed E-state index contributed by atoms with van der Waals surface area (Å²) in [6.07, 6.45) is 0. The number of amides is 2. The molecule has 9 heteroatoms. The number of anilines is 1. The number of hydrogen-bond donors (Lipinski definition) is 1. The Morgan fingerprint density at radius 3 is 2.59 bits per heavy atom. The molecule has 4 aromatic rings. The van der Waals surface area contributed by atoms with Crippen LogP contribution >= 0.6 is 11.8 Å². The van der Waals surface area contributed by atoms with Gasteiger partial charge in [0, 0.05) is 17.2 Å². The summed E-state index contributed by atoms with van der Waals surface area (Å²) in [5, 5.41) is 7.88. The van der Waals surface area contributed by atoms with Gasteiger partial charge in [0.15, 0.2) is 11.5 Å². The predicted octanol–water partition coefficient (Wildman–Crippen LogP) is 5.58. The number of carbonyl (C=O) groups is 2. The molecule has 0 saturated carbocycles. The molecule has 1 unspecified atom stereocenters. The molecule has 2 aliphatic rings. The second-order valence-corrected chi connectivity index (χ2v) is 11.8. The van der Waals surface area contributed by atoms with E-state index >= 15 is 0 Å². The summed E-state index contributed by atoms with van der Waals surface area (Å²) in [6, 6.07) is 22.0. The van der Waals surface area contributed by atoms with Crippen molar-refractivity contribution in [3.8, 4) is 28.4 Å². The molecule has 3 heterocycles. The van der Waals surface area contributed by atoms with Gasteiger partial charge in [-0.15, -0.1) is 11.8 Å². The van der Waals surface area contributed by atoms with E-state index in [1.165, 1.54) is 11.8 Å². The van der Waals surface area contributed by atoms with Gasteiger partial charge in [0.2, 0.25) is 18.6 Å². The van der Waals surface area contributed by atoms with E-state index < -0.39 is 0 Å². The standard InChI is InChI=1S/C32H32N4O4S/c1-19(2)33-27(37)16-35-28(38)17-41-31(23-11-13-25-26(15-23)40-18-39-25)29-30(22-8-6-5-7-9-22)34-36(32(29)35)24-12-10-20(3)14-21(24)4/h5-15,19,31H,16-18H2,1-4H3,(H,33,37). The van der Waals surface area contributed by atoms with Crippen LogP contribution in [0.4, 0.5) is 5.82 Å². The number of ether oxygens (including phenoxy) is 2. The van der Waals surface area contributed by atoms with E-state index in [9.17, 15) is 9.59 Å². The smallest absolute Gasteiger partial charge is 0.240 e. The Morgan fingerprint density at radius 2 is 1.83 bits per heavy atom. The highest BCUT2D eigenvalue weighted by Crippen LogP contribution is 2.50. The second-order valence-electron chi connectivity index (χ2n) is 10.7. The van der Waals surface area contributed by atoms with Crippen LogP contribution < -0.4 is 19.7 Å². The minimum Gasteiger partial charge on any atom is -0.454 e. The van der Waals surface area contributed by atoms with Crippen LogP contribution in [0.5, 0.6) is 11.5 Å². The SMILES string of the molecule is Cc1ccc(-n2nc(-c3ccccc3)c3c2N(CC(=O)NC(C)C)C(=O)CSC3c2ccc3c(c2)OCO3)c(C)c1.